The van der Waals surface area contributed by atoms with Crippen LogP contribution in [0.15, 0.2) is 71.4 Å². The molecule has 55 heavy (non-hydrogen) atoms. The Kier molecular flexibility index (Phi) is 13.3. The average molecular weight is 765 g/mol. The van der Waals surface area contributed by atoms with Gasteiger partial charge in [0.15, 0.2) is 28.8 Å². The molecular weight excluding hydrogens is 704 g/mol. The number of phenolic OH excluding ortho intramolecular Hbond substituents is 1. The molecule has 3 aliphatic rings. The standard InChI is InChI=1S/C44H60O11/c1-23(2)11-13-28(26(7)8)20-43-21-29(15-12-24(3)4)42(9,10)44(41(43)53,18-17-25(5)6)39(52)33(38(43)51)34(47)27-14-16-31(30(46)19-27)54-40-37(50)36(49)35(48)32(22-45)55-40/h12,14,16-17,19,28-29,32,35-37,40,45-50H,1,7,11,13,15,18,20-22H2,2-6,8-10H3/b34-33+/t28-,29+,32-,35-,36+,37-,40-,43+,44-/m0/s1. The summed E-state index contributed by atoms with van der Waals surface area (Å²) in [6.07, 6.45) is -1.95. The number of carbonyl (C=O) groups is 3. The molecule has 11 heteroatoms. The number of phenols is 1. The molecule has 6 N–H and O–H groups in total. The normalized spacial score (nSPS) is 31.7. The minimum Gasteiger partial charge on any atom is -0.506 e. The number of ketones is 3. The van der Waals surface area contributed by atoms with Crippen molar-refractivity contribution in [3.8, 4) is 11.5 Å². The number of benzene rings is 1. The number of aromatic hydroxyl groups is 1. The van der Waals surface area contributed by atoms with Gasteiger partial charge in [0, 0.05) is 5.56 Å². The summed E-state index contributed by atoms with van der Waals surface area (Å²) in [6.45, 7) is 22.9. The molecule has 0 amide bonds. The first-order chi connectivity index (χ1) is 25.6. The molecule has 1 aliphatic heterocycles. The molecule has 0 unspecified atom stereocenters. The minimum atomic E-state index is -1.75. The Hall–Kier alpha value is -3.87. The highest BCUT2D eigenvalue weighted by atomic mass is 16.7. The molecule has 4 rings (SSSR count). The molecule has 302 valence electrons. The predicted octanol–water partition coefficient (Wildman–Crippen LogP) is 6.23. The molecule has 1 saturated heterocycles. The number of aliphatic hydroxyl groups is 5. The van der Waals surface area contributed by atoms with Crippen molar-refractivity contribution < 1.29 is 54.5 Å². The molecule has 2 saturated carbocycles. The second-order valence-electron chi connectivity index (χ2n) is 17.1. The van der Waals surface area contributed by atoms with Gasteiger partial charge in [-0.25, -0.2) is 0 Å². The van der Waals surface area contributed by atoms with Crippen LogP contribution in [0, 0.1) is 28.1 Å². The third-order valence-electron chi connectivity index (χ3n) is 12.2. The number of fused-ring (bicyclic) bond motifs is 2. The number of rotatable bonds is 14. The molecule has 1 aromatic rings. The van der Waals surface area contributed by atoms with E-state index in [0.717, 1.165) is 28.4 Å². The highest BCUT2D eigenvalue weighted by Crippen LogP contribution is 2.66. The quantitative estimate of drug-likeness (QED) is 0.0414. The highest BCUT2D eigenvalue weighted by Gasteiger charge is 2.74. The minimum absolute atomic E-state index is 0.0256. The summed E-state index contributed by atoms with van der Waals surface area (Å²) < 4.78 is 11.0. The number of hydrogen-bond donors (Lipinski definition) is 6. The fourth-order valence-corrected chi connectivity index (χ4v) is 8.57. The molecule has 1 heterocycles. The van der Waals surface area contributed by atoms with Crippen LogP contribution in [0.5, 0.6) is 11.5 Å². The van der Waals surface area contributed by atoms with Crippen LogP contribution in [0.25, 0.3) is 5.76 Å². The number of aliphatic hydroxyl groups excluding tert-OH is 5. The topological polar surface area (TPSA) is 191 Å². The Labute approximate surface area is 324 Å². The lowest BCUT2D eigenvalue weighted by Crippen LogP contribution is -2.69. The third kappa shape index (κ3) is 8.05. The maximum atomic E-state index is 15.4. The maximum absolute atomic E-state index is 15.4. The number of Topliss-reactive ketones (excluding diaryl/α,β-unsaturated/α-hetero) is 3. The van der Waals surface area contributed by atoms with Crippen LogP contribution in [0.2, 0.25) is 0 Å². The van der Waals surface area contributed by atoms with E-state index in [1.54, 1.807) is 0 Å². The van der Waals surface area contributed by atoms with Gasteiger partial charge in [-0.05, 0) is 116 Å². The molecule has 0 radical (unpaired) electrons. The van der Waals surface area contributed by atoms with Crippen LogP contribution >= 0.6 is 0 Å². The fraction of sp³-hybridized carbons (Fsp3) is 0.568. The third-order valence-corrected chi connectivity index (χ3v) is 12.2. The van der Waals surface area contributed by atoms with Crippen LogP contribution in [-0.2, 0) is 19.1 Å². The van der Waals surface area contributed by atoms with Crippen molar-refractivity contribution in [2.24, 2.45) is 28.1 Å². The van der Waals surface area contributed by atoms with Crippen molar-refractivity contribution in [3.05, 3.63) is 76.9 Å². The zero-order valence-electron chi connectivity index (χ0n) is 33.5. The molecule has 9 atom stereocenters. The molecule has 3 fully saturated rings. The smallest absolute Gasteiger partial charge is 0.229 e. The van der Waals surface area contributed by atoms with Crippen molar-refractivity contribution in [3.63, 3.8) is 0 Å². The monoisotopic (exact) mass is 764 g/mol. The largest absolute Gasteiger partial charge is 0.506 e. The van der Waals surface area contributed by atoms with E-state index in [1.165, 1.54) is 12.1 Å². The van der Waals surface area contributed by atoms with Gasteiger partial charge >= 0.3 is 0 Å². The zero-order valence-corrected chi connectivity index (χ0v) is 33.5. The molecule has 2 aliphatic carbocycles. The van der Waals surface area contributed by atoms with Crippen molar-refractivity contribution >= 4 is 23.1 Å². The van der Waals surface area contributed by atoms with Crippen molar-refractivity contribution in [1.82, 2.24) is 0 Å². The fourth-order valence-electron chi connectivity index (χ4n) is 8.57. The average Bonchev–Trinajstić information content (AvgIpc) is 3.10. The van der Waals surface area contributed by atoms with E-state index in [2.05, 4.69) is 19.2 Å². The van der Waals surface area contributed by atoms with Gasteiger partial charge in [-0.2, -0.15) is 0 Å². The summed E-state index contributed by atoms with van der Waals surface area (Å²) in [5.74, 6) is -4.02. The van der Waals surface area contributed by atoms with Crippen LogP contribution < -0.4 is 4.74 Å². The summed E-state index contributed by atoms with van der Waals surface area (Å²) in [5, 5.41) is 63.5. The number of allylic oxidation sites excluding steroid dienone is 7. The lowest BCUT2D eigenvalue weighted by Gasteiger charge is -2.60. The van der Waals surface area contributed by atoms with Gasteiger partial charge in [-0.1, -0.05) is 54.9 Å². The van der Waals surface area contributed by atoms with Gasteiger partial charge in [0.25, 0.3) is 0 Å². The second-order valence-corrected chi connectivity index (χ2v) is 17.1. The molecule has 11 nitrogen and oxygen atoms in total. The Bertz CT molecular complexity index is 1790. The van der Waals surface area contributed by atoms with Gasteiger partial charge < -0.3 is 40.1 Å². The number of carbonyl (C=O) groups excluding carboxylic acids is 3. The zero-order chi connectivity index (χ0) is 41.4. The Morgan fingerprint density at radius 1 is 0.964 bits per heavy atom. The van der Waals surface area contributed by atoms with Gasteiger partial charge in [0.05, 0.1) is 12.0 Å². The van der Waals surface area contributed by atoms with E-state index in [1.807, 2.05) is 61.5 Å². The number of hydrogen-bond acceptors (Lipinski definition) is 11. The molecule has 0 aromatic heterocycles. The van der Waals surface area contributed by atoms with Crippen molar-refractivity contribution in [2.45, 2.75) is 125 Å². The number of ether oxygens (including phenoxy) is 2. The lowest BCUT2D eigenvalue weighted by atomic mass is 9.38. The van der Waals surface area contributed by atoms with E-state index in [4.69, 9.17) is 9.47 Å². The predicted molar refractivity (Wildman–Crippen MR) is 209 cm³/mol. The summed E-state index contributed by atoms with van der Waals surface area (Å²) in [5.41, 5.74) is -1.26. The SMILES string of the molecule is C=C(C)CC[C@@H](C[C@@]12C[C@@H](CC=C(C)C)C(C)(C)[C@@](CC=C(C)C)(C(=O)/C(=C(/O)c3ccc(O[C@H]4O[C@@H](CO)[C@H](O)[C@@H](O)[C@@H]4O)c(O)c3)C1=O)C2=O)C(=C)C. The lowest BCUT2D eigenvalue weighted by molar-refractivity contribution is -0.277. The van der Waals surface area contributed by atoms with E-state index >= 15 is 14.4 Å². The van der Waals surface area contributed by atoms with Gasteiger partial charge in [0.2, 0.25) is 6.29 Å². The molecule has 1 aromatic carbocycles. The van der Waals surface area contributed by atoms with Gasteiger partial charge in [-0.3, -0.25) is 14.4 Å². The Morgan fingerprint density at radius 3 is 2.15 bits per heavy atom. The first-order valence-corrected chi connectivity index (χ1v) is 19.0. The second kappa shape index (κ2) is 16.7. The Balaban J connectivity index is 1.93. The van der Waals surface area contributed by atoms with Crippen LogP contribution in [-0.4, -0.2) is 85.3 Å². The van der Waals surface area contributed by atoms with E-state index in [-0.39, 0.29) is 42.4 Å². The molecule has 0 spiro atoms. The first-order valence-electron chi connectivity index (χ1n) is 19.0. The summed E-state index contributed by atoms with van der Waals surface area (Å²) in [6, 6.07) is 3.60. The molecule has 2 bridgehead atoms. The van der Waals surface area contributed by atoms with Crippen LogP contribution in [0.3, 0.4) is 0 Å². The Morgan fingerprint density at radius 2 is 1.60 bits per heavy atom. The summed E-state index contributed by atoms with van der Waals surface area (Å²) >= 11 is 0. The maximum Gasteiger partial charge on any atom is 0.229 e. The summed E-state index contributed by atoms with van der Waals surface area (Å²) in [4.78, 5) is 45.8. The van der Waals surface area contributed by atoms with Crippen LogP contribution in [0.1, 0.15) is 99.5 Å². The van der Waals surface area contributed by atoms with Gasteiger partial charge in [-0.15, -0.1) is 6.58 Å². The van der Waals surface area contributed by atoms with Gasteiger partial charge in [0.1, 0.15) is 41.2 Å². The van der Waals surface area contributed by atoms with Crippen molar-refractivity contribution in [1.29, 1.82) is 0 Å². The molecular formula is C44H60O11. The van der Waals surface area contributed by atoms with E-state index in [9.17, 15) is 30.6 Å². The first kappa shape index (κ1) is 43.9. The summed E-state index contributed by atoms with van der Waals surface area (Å²) in [7, 11) is 0. The van der Waals surface area contributed by atoms with Crippen molar-refractivity contribution in [2.75, 3.05) is 6.61 Å². The highest BCUT2D eigenvalue weighted by molar-refractivity contribution is 6.41. The van der Waals surface area contributed by atoms with E-state index in [0.29, 0.717) is 19.3 Å². The van der Waals surface area contributed by atoms with Crippen LogP contribution in [0.4, 0.5) is 0 Å². The van der Waals surface area contributed by atoms with E-state index < -0.39 is 88.0 Å².